The standard InChI is InChI=1S/C9H7ClF2N2O3/c10-7-2-1-5(14(16)17)3-6(7)9(15)13-4-8(11)12/h1-3,8H,4H2,(H,13,15). The second kappa shape index (κ2) is 5.53. The number of halogens is 3. The summed E-state index contributed by atoms with van der Waals surface area (Å²) in [6.07, 6.45) is -2.70. The number of nitrogens with one attached hydrogen (secondary N) is 1. The smallest absolute Gasteiger partial charge is 0.270 e. The van der Waals surface area contributed by atoms with Gasteiger partial charge in [0.25, 0.3) is 18.0 Å². The van der Waals surface area contributed by atoms with Gasteiger partial charge in [-0.3, -0.25) is 14.9 Å². The van der Waals surface area contributed by atoms with Gasteiger partial charge in [-0.1, -0.05) is 11.6 Å². The van der Waals surface area contributed by atoms with Gasteiger partial charge < -0.3 is 5.32 Å². The summed E-state index contributed by atoms with van der Waals surface area (Å²) in [6.45, 7) is -0.835. The molecule has 8 heteroatoms. The van der Waals surface area contributed by atoms with Gasteiger partial charge in [-0.15, -0.1) is 0 Å². The van der Waals surface area contributed by atoms with Crippen LogP contribution in [-0.2, 0) is 0 Å². The Hall–Kier alpha value is -1.76. The maximum atomic E-state index is 11.9. The molecule has 1 N–H and O–H groups in total. The van der Waals surface area contributed by atoms with Crippen molar-refractivity contribution in [3.8, 4) is 0 Å². The van der Waals surface area contributed by atoms with E-state index in [1.165, 1.54) is 0 Å². The predicted molar refractivity (Wildman–Crippen MR) is 56.4 cm³/mol. The van der Waals surface area contributed by atoms with E-state index in [-0.39, 0.29) is 16.3 Å². The first-order chi connectivity index (χ1) is 7.91. The van der Waals surface area contributed by atoms with Crippen LogP contribution >= 0.6 is 11.6 Å². The monoisotopic (exact) mass is 264 g/mol. The molecule has 0 unspecified atom stereocenters. The molecule has 0 bridgehead atoms. The summed E-state index contributed by atoms with van der Waals surface area (Å²) in [7, 11) is 0. The molecule has 0 fully saturated rings. The lowest BCUT2D eigenvalue weighted by Crippen LogP contribution is -2.28. The molecule has 0 atom stereocenters. The molecule has 0 aliphatic heterocycles. The third-order valence-electron chi connectivity index (χ3n) is 1.82. The van der Waals surface area contributed by atoms with Gasteiger partial charge in [0.1, 0.15) is 0 Å². The molecule has 0 aromatic heterocycles. The summed E-state index contributed by atoms with van der Waals surface area (Å²) in [6, 6.07) is 3.21. The highest BCUT2D eigenvalue weighted by atomic mass is 35.5. The molecule has 1 aromatic rings. The van der Waals surface area contributed by atoms with E-state index in [4.69, 9.17) is 11.6 Å². The molecule has 1 rings (SSSR count). The molecule has 0 radical (unpaired) electrons. The highest BCUT2D eigenvalue weighted by molar-refractivity contribution is 6.33. The van der Waals surface area contributed by atoms with Gasteiger partial charge in [0.05, 0.1) is 22.1 Å². The first kappa shape index (κ1) is 13.3. The van der Waals surface area contributed by atoms with Gasteiger partial charge in [-0.2, -0.15) is 0 Å². The second-order valence-corrected chi connectivity index (χ2v) is 3.43. The van der Waals surface area contributed by atoms with Crippen molar-refractivity contribution in [2.45, 2.75) is 6.43 Å². The molecule has 0 aliphatic carbocycles. The summed E-state index contributed by atoms with van der Waals surface area (Å²) in [5.74, 6) is -0.876. The number of nitro groups is 1. The number of hydrogen-bond donors (Lipinski definition) is 1. The fraction of sp³-hybridized carbons (Fsp3) is 0.222. The lowest BCUT2D eigenvalue weighted by Gasteiger charge is -2.05. The number of alkyl halides is 2. The molecule has 0 heterocycles. The summed E-state index contributed by atoms with van der Waals surface area (Å²) < 4.78 is 23.7. The molecule has 92 valence electrons. The normalized spacial score (nSPS) is 10.4. The van der Waals surface area contributed by atoms with Crippen LogP contribution in [0.2, 0.25) is 5.02 Å². The summed E-state index contributed by atoms with van der Waals surface area (Å²) in [5.41, 5.74) is -0.543. The van der Waals surface area contributed by atoms with Gasteiger partial charge in [-0.05, 0) is 6.07 Å². The quantitative estimate of drug-likeness (QED) is 0.669. The molecule has 0 saturated carbocycles. The van der Waals surface area contributed by atoms with Crippen molar-refractivity contribution >= 4 is 23.2 Å². The molecule has 0 saturated heterocycles. The largest absolute Gasteiger partial charge is 0.346 e. The first-order valence-corrected chi connectivity index (χ1v) is 4.80. The number of amides is 1. The third kappa shape index (κ3) is 3.63. The maximum absolute atomic E-state index is 11.9. The Balaban J connectivity index is 2.92. The summed E-state index contributed by atoms with van der Waals surface area (Å²) in [5, 5.41) is 12.3. The number of benzene rings is 1. The van der Waals surface area contributed by atoms with Crippen LogP contribution in [0.4, 0.5) is 14.5 Å². The zero-order chi connectivity index (χ0) is 13.0. The van der Waals surface area contributed by atoms with Crippen molar-refractivity contribution in [1.82, 2.24) is 5.32 Å². The number of non-ortho nitro benzene ring substituents is 1. The lowest BCUT2D eigenvalue weighted by atomic mass is 10.2. The zero-order valence-electron chi connectivity index (χ0n) is 8.32. The van der Waals surface area contributed by atoms with Gasteiger partial charge in [0.15, 0.2) is 0 Å². The summed E-state index contributed by atoms with van der Waals surface area (Å²) in [4.78, 5) is 21.1. The van der Waals surface area contributed by atoms with Crippen LogP contribution in [0, 0.1) is 10.1 Å². The highest BCUT2D eigenvalue weighted by Crippen LogP contribution is 2.21. The Morgan fingerprint density at radius 3 is 2.71 bits per heavy atom. The average molecular weight is 265 g/mol. The van der Waals surface area contributed by atoms with Crippen LogP contribution < -0.4 is 5.32 Å². The number of nitro benzene ring substituents is 1. The lowest BCUT2D eigenvalue weighted by molar-refractivity contribution is -0.384. The van der Waals surface area contributed by atoms with E-state index in [0.29, 0.717) is 0 Å². The SMILES string of the molecule is O=C(NCC(F)F)c1cc([N+](=O)[O-])ccc1Cl. The minimum Gasteiger partial charge on any atom is -0.346 e. The van der Waals surface area contributed by atoms with E-state index in [9.17, 15) is 23.7 Å². The van der Waals surface area contributed by atoms with Crippen LogP contribution in [0.15, 0.2) is 18.2 Å². The minimum atomic E-state index is -2.70. The molecule has 5 nitrogen and oxygen atoms in total. The van der Waals surface area contributed by atoms with Crippen LogP contribution in [0.5, 0.6) is 0 Å². The van der Waals surface area contributed by atoms with Crippen molar-refractivity contribution in [1.29, 1.82) is 0 Å². The number of hydrogen-bond acceptors (Lipinski definition) is 3. The average Bonchev–Trinajstić information content (AvgIpc) is 2.26. The second-order valence-electron chi connectivity index (χ2n) is 3.02. The third-order valence-corrected chi connectivity index (χ3v) is 2.15. The number of nitrogens with zero attached hydrogens (tertiary/aromatic N) is 1. The van der Waals surface area contributed by atoms with Crippen molar-refractivity contribution in [2.75, 3.05) is 6.54 Å². The van der Waals surface area contributed by atoms with Crippen LogP contribution in [0.3, 0.4) is 0 Å². The predicted octanol–water partition coefficient (Wildman–Crippen LogP) is 2.24. The van der Waals surface area contributed by atoms with Crippen molar-refractivity contribution in [3.63, 3.8) is 0 Å². The van der Waals surface area contributed by atoms with Crippen molar-refractivity contribution < 1.29 is 18.5 Å². The molecule has 0 spiro atoms. The van der Waals surface area contributed by atoms with Gasteiger partial charge in [-0.25, -0.2) is 8.78 Å². The number of carbonyl (C=O) groups is 1. The molecular formula is C9H7ClF2N2O3. The van der Waals surface area contributed by atoms with Crippen LogP contribution in [-0.4, -0.2) is 23.8 Å². The van der Waals surface area contributed by atoms with Crippen LogP contribution in [0.1, 0.15) is 10.4 Å². The fourth-order valence-corrected chi connectivity index (χ4v) is 1.27. The van der Waals surface area contributed by atoms with Gasteiger partial charge in [0.2, 0.25) is 0 Å². The molecule has 0 aliphatic rings. The Bertz CT molecular complexity index is 454. The Morgan fingerprint density at radius 1 is 1.53 bits per heavy atom. The molecule has 1 amide bonds. The van der Waals surface area contributed by atoms with E-state index < -0.39 is 23.8 Å². The Labute approximate surface area is 99.5 Å². The zero-order valence-corrected chi connectivity index (χ0v) is 9.08. The van der Waals surface area contributed by atoms with Gasteiger partial charge in [0, 0.05) is 12.1 Å². The van der Waals surface area contributed by atoms with E-state index in [0.717, 1.165) is 18.2 Å². The molecule has 17 heavy (non-hydrogen) atoms. The van der Waals surface area contributed by atoms with Gasteiger partial charge >= 0.3 is 0 Å². The fourth-order valence-electron chi connectivity index (χ4n) is 1.07. The Morgan fingerprint density at radius 2 is 2.18 bits per heavy atom. The van der Waals surface area contributed by atoms with E-state index in [1.54, 1.807) is 0 Å². The topological polar surface area (TPSA) is 72.2 Å². The number of rotatable bonds is 4. The van der Waals surface area contributed by atoms with Crippen molar-refractivity contribution in [3.05, 3.63) is 38.9 Å². The minimum absolute atomic E-state index is 0.0395. The Kier molecular flexibility index (Phi) is 4.33. The number of carbonyl (C=O) groups excluding carboxylic acids is 1. The summed E-state index contributed by atoms with van der Waals surface area (Å²) >= 11 is 5.64. The molecule has 1 aromatic carbocycles. The maximum Gasteiger partial charge on any atom is 0.270 e. The first-order valence-electron chi connectivity index (χ1n) is 4.42. The van der Waals surface area contributed by atoms with E-state index in [2.05, 4.69) is 0 Å². The molecular weight excluding hydrogens is 258 g/mol. The van der Waals surface area contributed by atoms with E-state index >= 15 is 0 Å². The van der Waals surface area contributed by atoms with E-state index in [1.807, 2.05) is 5.32 Å². The van der Waals surface area contributed by atoms with Crippen LogP contribution in [0.25, 0.3) is 0 Å². The van der Waals surface area contributed by atoms with Crippen molar-refractivity contribution in [2.24, 2.45) is 0 Å². The highest BCUT2D eigenvalue weighted by Gasteiger charge is 2.16.